The normalized spacial score (nSPS) is 16.8. The summed E-state index contributed by atoms with van der Waals surface area (Å²) in [5.74, 6) is -1.25. The van der Waals surface area contributed by atoms with E-state index < -0.39 is 0 Å². The molecule has 7 atom stereocenters. The van der Waals surface area contributed by atoms with Crippen LogP contribution in [0.4, 0.5) is 0 Å². The van der Waals surface area contributed by atoms with Crippen molar-refractivity contribution in [3.8, 4) is 0 Å². The third kappa shape index (κ3) is 53.0. The summed E-state index contributed by atoms with van der Waals surface area (Å²) in [5, 5.41) is 9.56. The molecule has 87 heavy (non-hydrogen) atoms. The monoisotopic (exact) mass is 1230 g/mol. The number of hydrogen-bond donors (Lipinski definition) is 7. The lowest BCUT2D eigenvalue weighted by Crippen LogP contribution is -2.48. The Kier molecular flexibility index (Phi) is 39.1. The van der Waals surface area contributed by atoms with Gasteiger partial charge in [0.05, 0.1) is 6.42 Å². The lowest BCUT2D eigenvalue weighted by atomic mass is 9.76. The lowest BCUT2D eigenvalue weighted by Gasteiger charge is -2.37. The summed E-state index contributed by atoms with van der Waals surface area (Å²) in [5.41, 5.74) is 26.8. The van der Waals surface area contributed by atoms with E-state index in [-0.39, 0.29) is 116 Å². The van der Waals surface area contributed by atoms with Gasteiger partial charge >= 0.3 is 0 Å². The smallest absolute Gasteiger partial charge is 0.248 e. The first-order valence-corrected chi connectivity index (χ1v) is 33.1. The molecular weight excluding hydrogens is 1080 g/mol. The second-order valence-corrected chi connectivity index (χ2v) is 37.3. The summed E-state index contributed by atoms with van der Waals surface area (Å²) in [6, 6.07) is 0.642. The zero-order valence-corrected chi connectivity index (χ0v) is 63.5. The second-order valence-electron chi connectivity index (χ2n) is 37.3. The molecule has 0 bridgehead atoms. The minimum absolute atomic E-state index is 0.0103. The van der Waals surface area contributed by atoms with E-state index in [4.69, 9.17) is 22.9 Å². The van der Waals surface area contributed by atoms with Crippen molar-refractivity contribution in [2.24, 2.45) is 77.1 Å². The first-order chi connectivity index (χ1) is 38.4. The molecule has 13 nitrogen and oxygen atoms in total. The number of likely N-dealkylation sites (tertiary alicyclic amines) is 1. The van der Waals surface area contributed by atoms with Crippen molar-refractivity contribution >= 4 is 29.5 Å². The number of nitrogens with zero attached hydrogens (tertiary/aromatic N) is 1. The summed E-state index contributed by atoms with van der Waals surface area (Å²) in [4.78, 5) is 63.2. The molecule has 11 N–H and O–H groups in total. The van der Waals surface area contributed by atoms with Crippen LogP contribution in [0.5, 0.6) is 0 Å². The van der Waals surface area contributed by atoms with Crippen LogP contribution in [-0.2, 0) is 24.0 Å². The van der Waals surface area contributed by atoms with Crippen molar-refractivity contribution in [2.75, 3.05) is 0 Å². The highest BCUT2D eigenvalue weighted by molar-refractivity contribution is 6.04. The number of nitrogens with one attached hydrogen (secondary N) is 3. The molecule has 0 aromatic carbocycles. The van der Waals surface area contributed by atoms with Crippen molar-refractivity contribution in [1.82, 2.24) is 20.9 Å². The highest BCUT2D eigenvalue weighted by Gasteiger charge is 2.35. The number of imide groups is 1. The van der Waals surface area contributed by atoms with Crippen molar-refractivity contribution in [3.63, 3.8) is 0 Å². The predicted molar refractivity (Wildman–Crippen MR) is 378 cm³/mol. The van der Waals surface area contributed by atoms with Gasteiger partial charge in [-0.25, -0.2) is 0 Å². The van der Waals surface area contributed by atoms with Crippen LogP contribution in [0.15, 0.2) is 36.1 Å². The third-order valence-corrected chi connectivity index (χ3v) is 14.5. The van der Waals surface area contributed by atoms with Gasteiger partial charge in [0.1, 0.15) is 0 Å². The highest BCUT2D eigenvalue weighted by atomic mass is 16.2. The van der Waals surface area contributed by atoms with E-state index in [1.54, 1.807) is 0 Å². The number of nitrogens with two attached hydrogens (primary N) is 4. The van der Waals surface area contributed by atoms with Gasteiger partial charge in [0.25, 0.3) is 0 Å². The molecule has 13 heteroatoms. The Labute approximate surface area is 539 Å². The Bertz CT molecular complexity index is 1990. The van der Waals surface area contributed by atoms with Crippen LogP contribution in [0, 0.1) is 54.1 Å². The number of allylic oxidation sites excluding steroid dienone is 2. The lowest BCUT2D eigenvalue weighted by molar-refractivity contribution is -0.135. The topological polar surface area (TPSA) is 229 Å². The van der Waals surface area contributed by atoms with Crippen LogP contribution in [0.2, 0.25) is 0 Å². The Morgan fingerprint density at radius 2 is 0.736 bits per heavy atom. The molecule has 514 valence electrons. The first-order valence-electron chi connectivity index (χ1n) is 33.1. The van der Waals surface area contributed by atoms with E-state index in [2.05, 4.69) is 257 Å². The fraction of sp³-hybridized carbons (Fsp3) is 0.851. The van der Waals surface area contributed by atoms with Gasteiger partial charge in [0.2, 0.25) is 29.5 Å². The van der Waals surface area contributed by atoms with E-state index in [0.717, 1.165) is 62.7 Å². The van der Waals surface area contributed by atoms with Crippen LogP contribution >= 0.6 is 0 Å². The van der Waals surface area contributed by atoms with E-state index >= 15 is 0 Å². The molecular formula is C74H148N8O5. The third-order valence-electron chi connectivity index (χ3n) is 14.5. The molecule has 1 rings (SSSR count). The zero-order chi connectivity index (χ0) is 70.1. The summed E-state index contributed by atoms with van der Waals surface area (Å²) < 4.78 is 0. The van der Waals surface area contributed by atoms with E-state index in [9.17, 15) is 24.0 Å². The average molecular weight is 1230 g/mol. The van der Waals surface area contributed by atoms with Crippen molar-refractivity contribution in [2.45, 2.75) is 354 Å². The largest absolute Gasteiger partial charge is 0.353 e. The van der Waals surface area contributed by atoms with Gasteiger partial charge in [0, 0.05) is 73.0 Å². The van der Waals surface area contributed by atoms with Crippen LogP contribution in [0.3, 0.4) is 0 Å². The number of rotatable bonds is 20. The van der Waals surface area contributed by atoms with Crippen LogP contribution < -0.4 is 38.9 Å². The van der Waals surface area contributed by atoms with Gasteiger partial charge in [-0.1, -0.05) is 233 Å². The minimum Gasteiger partial charge on any atom is -0.353 e. The predicted octanol–water partition coefficient (Wildman–Crippen LogP) is 16.7. The Morgan fingerprint density at radius 3 is 0.943 bits per heavy atom. The van der Waals surface area contributed by atoms with Gasteiger partial charge < -0.3 is 38.9 Å². The first kappa shape index (κ1) is 90.0. The van der Waals surface area contributed by atoms with Gasteiger partial charge in [-0.05, 0) is 132 Å². The molecule has 1 aliphatic rings. The molecule has 0 spiro atoms. The maximum absolute atomic E-state index is 13.8. The molecule has 1 heterocycles. The Morgan fingerprint density at radius 1 is 0.471 bits per heavy atom. The Balaban J connectivity index is -0.000000613. The van der Waals surface area contributed by atoms with Gasteiger partial charge in [0.15, 0.2) is 0 Å². The number of amides is 5. The fourth-order valence-electron chi connectivity index (χ4n) is 10.1. The number of carbonyl (C=O) groups excluding carboxylic acids is 5. The van der Waals surface area contributed by atoms with Gasteiger partial charge in [-0.3, -0.25) is 28.9 Å². The quantitative estimate of drug-likeness (QED) is 0.0349. The average Bonchev–Trinajstić information content (AvgIpc) is 3.75. The summed E-state index contributed by atoms with van der Waals surface area (Å²) in [6.45, 7) is 74.8. The maximum atomic E-state index is 13.8. The zero-order valence-electron chi connectivity index (χ0n) is 63.5. The molecule has 7 unspecified atom stereocenters. The molecule has 0 aliphatic carbocycles. The van der Waals surface area contributed by atoms with Crippen molar-refractivity contribution in [3.05, 3.63) is 36.1 Å². The van der Waals surface area contributed by atoms with Crippen LogP contribution in [0.1, 0.15) is 312 Å². The summed E-state index contributed by atoms with van der Waals surface area (Å²) >= 11 is 0. The maximum Gasteiger partial charge on any atom is 0.248 e. The van der Waals surface area contributed by atoms with Crippen molar-refractivity contribution in [1.29, 1.82) is 0 Å². The van der Waals surface area contributed by atoms with Crippen LogP contribution in [-0.4, -0.2) is 76.7 Å². The SMILES string of the molecule is C/C=C(\C)CC.C=CN1C(=O)CCC1=O.CC(C)(C)CC(N)CC(N)CC(C)(C)C.CC(C)(C)CC(N)CC(N)CC(C)(C)C.CC(C)(C)CC(NC(=O)C=C(CC(=O)NC(CC(C)(C)C)C(C)(C)C)C(=O)NC(CC(C)(C)C)C(C)(C)C)C(C)(C)C. The molecule has 0 radical (unpaired) electrons. The molecule has 0 saturated carbocycles. The van der Waals surface area contributed by atoms with Gasteiger partial charge in [-0.15, -0.1) is 0 Å². The number of hydrogen-bond acceptors (Lipinski definition) is 9. The standard InChI is InChI=1S/C36H69N3O3.2C13H30N2.C6H7NO2.C6H12/c1-31(2,3)21-25(34(10,11)12)37-28(40)19-24(30(42)39-27(36(16,17)18)23-33(7,8)9)20-29(41)38-26(35(13,14)15)22-32(4,5)6;2*1-12(2,3)8-10(14)7-11(15)9-13(4,5)6;1-2-7-5(8)3-4-6(7)9;1-4-6(3)5-2/h19,25-27H,20-23H2,1-18H3,(H,37,40)(H,38,41)(H,39,42);2*10-11H,7-9,14-15H2,1-6H3;2H,1,3-4H2;4H,5H2,1-3H3/b;;;;6-4+. The highest BCUT2D eigenvalue weighted by Crippen LogP contribution is 2.34. The van der Waals surface area contributed by atoms with Crippen molar-refractivity contribution < 1.29 is 24.0 Å². The molecule has 1 aliphatic heterocycles. The van der Waals surface area contributed by atoms with E-state index in [1.807, 2.05) is 0 Å². The van der Waals surface area contributed by atoms with E-state index in [0.29, 0.717) is 34.5 Å². The van der Waals surface area contributed by atoms with Gasteiger partial charge in [-0.2, -0.15) is 0 Å². The second kappa shape index (κ2) is 37.8. The molecule has 1 saturated heterocycles. The summed E-state index contributed by atoms with van der Waals surface area (Å²) in [6.07, 6.45) is 14.9. The fourth-order valence-corrected chi connectivity index (χ4v) is 10.1. The minimum atomic E-state index is -0.365. The molecule has 5 amide bonds. The molecule has 0 aromatic heterocycles. The molecule has 1 fully saturated rings. The Hall–Kier alpha value is -3.39. The molecule has 0 aromatic rings. The summed E-state index contributed by atoms with van der Waals surface area (Å²) in [7, 11) is 0. The van der Waals surface area contributed by atoms with E-state index in [1.165, 1.54) is 24.3 Å². The number of carbonyl (C=O) groups is 5. The van der Waals surface area contributed by atoms with Crippen LogP contribution in [0.25, 0.3) is 0 Å².